The fourth-order valence-corrected chi connectivity index (χ4v) is 2.19. The van der Waals surface area contributed by atoms with E-state index in [0.717, 1.165) is 16.9 Å². The Bertz CT molecular complexity index is 899. The minimum absolute atomic E-state index is 0.132. The third-order valence-electron chi connectivity index (χ3n) is 3.06. The molecule has 3 rings (SSSR count). The first-order valence-electron chi connectivity index (χ1n) is 6.80. The predicted molar refractivity (Wildman–Crippen MR) is 83.3 cm³/mol. The average Bonchev–Trinajstić information content (AvgIpc) is 2.99. The van der Waals surface area contributed by atoms with Crippen LogP contribution in [-0.2, 0) is 11.3 Å². The summed E-state index contributed by atoms with van der Waals surface area (Å²) in [4.78, 5) is 13.0. The van der Waals surface area contributed by atoms with E-state index in [0.29, 0.717) is 16.7 Å². The number of carbonyl (C=O) groups is 1. The normalized spacial score (nSPS) is 10.6. The second kappa shape index (κ2) is 6.71. The van der Waals surface area contributed by atoms with Gasteiger partial charge in [-0.2, -0.15) is 4.80 Å². The summed E-state index contributed by atoms with van der Waals surface area (Å²) in [6.07, 6.45) is 0. The predicted octanol–water partition coefficient (Wildman–Crippen LogP) is 2.91. The number of nitrogens with zero attached hydrogens (tertiary/aromatic N) is 4. The molecule has 1 amide bonds. The quantitative estimate of drug-likeness (QED) is 0.786. The van der Waals surface area contributed by atoms with E-state index in [1.54, 1.807) is 24.3 Å². The maximum absolute atomic E-state index is 13.5. The molecule has 0 saturated carbocycles. The first-order valence-corrected chi connectivity index (χ1v) is 7.18. The SMILES string of the molecule is O=C(Cn1nnc(-c2ccccc2Cl)n1)Nc1ccc(F)cc1F. The van der Waals surface area contributed by atoms with Crippen LogP contribution in [0.1, 0.15) is 0 Å². The van der Waals surface area contributed by atoms with Crippen molar-refractivity contribution in [3.05, 3.63) is 59.1 Å². The molecule has 0 unspecified atom stereocenters. The Kier molecular flexibility index (Phi) is 4.48. The Morgan fingerprint density at radius 2 is 2.00 bits per heavy atom. The van der Waals surface area contributed by atoms with E-state index in [2.05, 4.69) is 20.7 Å². The summed E-state index contributed by atoms with van der Waals surface area (Å²) in [6.45, 7) is -0.283. The van der Waals surface area contributed by atoms with Crippen molar-refractivity contribution in [3.63, 3.8) is 0 Å². The van der Waals surface area contributed by atoms with E-state index in [-0.39, 0.29) is 18.1 Å². The molecule has 0 fully saturated rings. The fraction of sp³-hybridized carbons (Fsp3) is 0.0667. The molecule has 24 heavy (non-hydrogen) atoms. The molecule has 0 radical (unpaired) electrons. The van der Waals surface area contributed by atoms with Crippen molar-refractivity contribution in [1.29, 1.82) is 0 Å². The molecule has 9 heteroatoms. The number of carbonyl (C=O) groups excluding carboxylic acids is 1. The van der Waals surface area contributed by atoms with Crippen molar-refractivity contribution in [3.8, 4) is 11.4 Å². The van der Waals surface area contributed by atoms with E-state index >= 15 is 0 Å². The number of anilines is 1. The van der Waals surface area contributed by atoms with E-state index in [9.17, 15) is 13.6 Å². The molecular formula is C15H10ClF2N5O. The second-order valence-electron chi connectivity index (χ2n) is 4.80. The highest BCUT2D eigenvalue weighted by molar-refractivity contribution is 6.33. The molecule has 0 aliphatic heterocycles. The van der Waals surface area contributed by atoms with Crippen molar-refractivity contribution in [2.45, 2.75) is 6.54 Å². The minimum atomic E-state index is -0.869. The Balaban J connectivity index is 1.70. The van der Waals surface area contributed by atoms with Gasteiger partial charge >= 0.3 is 0 Å². The van der Waals surface area contributed by atoms with Crippen LogP contribution in [0.5, 0.6) is 0 Å². The fourth-order valence-electron chi connectivity index (χ4n) is 1.97. The smallest absolute Gasteiger partial charge is 0.248 e. The van der Waals surface area contributed by atoms with Crippen LogP contribution in [0, 0.1) is 11.6 Å². The molecule has 122 valence electrons. The molecule has 6 nitrogen and oxygen atoms in total. The number of aromatic nitrogens is 4. The number of halogens is 3. The Labute approximate surface area is 140 Å². The molecule has 0 saturated heterocycles. The van der Waals surface area contributed by atoms with Gasteiger partial charge in [0, 0.05) is 11.6 Å². The van der Waals surface area contributed by atoms with Gasteiger partial charge in [-0.1, -0.05) is 23.7 Å². The average molecular weight is 350 g/mol. The zero-order valence-electron chi connectivity index (χ0n) is 12.1. The van der Waals surface area contributed by atoms with Crippen LogP contribution < -0.4 is 5.32 Å². The maximum Gasteiger partial charge on any atom is 0.248 e. The highest BCUT2D eigenvalue weighted by Gasteiger charge is 2.13. The number of benzene rings is 2. The van der Waals surface area contributed by atoms with E-state index in [1.165, 1.54) is 0 Å². The van der Waals surface area contributed by atoms with Crippen LogP contribution in [0.15, 0.2) is 42.5 Å². The van der Waals surface area contributed by atoms with Crippen molar-refractivity contribution in [2.24, 2.45) is 0 Å². The van der Waals surface area contributed by atoms with Gasteiger partial charge in [0.1, 0.15) is 18.2 Å². The number of nitrogens with one attached hydrogen (secondary N) is 1. The van der Waals surface area contributed by atoms with Gasteiger partial charge in [-0.15, -0.1) is 10.2 Å². The van der Waals surface area contributed by atoms with Gasteiger partial charge in [0.25, 0.3) is 0 Å². The van der Waals surface area contributed by atoms with Crippen molar-refractivity contribution in [2.75, 3.05) is 5.32 Å². The van der Waals surface area contributed by atoms with E-state index < -0.39 is 17.5 Å². The second-order valence-corrected chi connectivity index (χ2v) is 5.20. The molecule has 0 aliphatic carbocycles. The molecule has 0 aliphatic rings. The summed E-state index contributed by atoms with van der Waals surface area (Å²) in [5.74, 6) is -1.91. The highest BCUT2D eigenvalue weighted by atomic mass is 35.5. The third kappa shape index (κ3) is 3.54. The van der Waals surface area contributed by atoms with Gasteiger partial charge in [-0.3, -0.25) is 4.79 Å². The first kappa shape index (κ1) is 16.0. The molecule has 0 bridgehead atoms. The number of hydrogen-bond acceptors (Lipinski definition) is 4. The molecule has 1 aromatic heterocycles. The monoisotopic (exact) mass is 349 g/mol. The van der Waals surface area contributed by atoms with Gasteiger partial charge in [-0.05, 0) is 29.5 Å². The van der Waals surface area contributed by atoms with Crippen LogP contribution in [0.4, 0.5) is 14.5 Å². The molecule has 1 heterocycles. The summed E-state index contributed by atoms with van der Waals surface area (Å²) in [5.41, 5.74) is 0.447. The lowest BCUT2D eigenvalue weighted by atomic mass is 10.2. The van der Waals surface area contributed by atoms with Crippen molar-refractivity contribution < 1.29 is 13.6 Å². The summed E-state index contributed by atoms with van der Waals surface area (Å²) in [5, 5.41) is 14.4. The van der Waals surface area contributed by atoms with Crippen molar-refractivity contribution >= 4 is 23.2 Å². The largest absolute Gasteiger partial charge is 0.322 e. The maximum atomic E-state index is 13.5. The summed E-state index contributed by atoms with van der Waals surface area (Å²) in [7, 11) is 0. The van der Waals surface area contributed by atoms with E-state index in [4.69, 9.17) is 11.6 Å². The van der Waals surface area contributed by atoms with Crippen LogP contribution in [0.2, 0.25) is 5.02 Å². The standard InChI is InChI=1S/C15H10ClF2N5O/c16-11-4-2-1-3-10(11)15-20-22-23(21-15)8-14(24)19-13-6-5-9(17)7-12(13)18/h1-7H,8H2,(H,19,24). The number of hydrogen-bond donors (Lipinski definition) is 1. The third-order valence-corrected chi connectivity index (χ3v) is 3.39. The van der Waals surface area contributed by atoms with Crippen LogP contribution in [0.25, 0.3) is 11.4 Å². The molecule has 2 aromatic carbocycles. The topological polar surface area (TPSA) is 72.7 Å². The lowest BCUT2D eigenvalue weighted by Gasteiger charge is -2.05. The van der Waals surface area contributed by atoms with E-state index in [1.807, 2.05) is 0 Å². The molecular weight excluding hydrogens is 340 g/mol. The van der Waals surface area contributed by atoms with Gasteiger partial charge in [0.15, 0.2) is 0 Å². The summed E-state index contributed by atoms with van der Waals surface area (Å²) in [6, 6.07) is 9.79. The van der Waals surface area contributed by atoms with Crippen molar-refractivity contribution in [1.82, 2.24) is 20.2 Å². The molecule has 3 aromatic rings. The highest BCUT2D eigenvalue weighted by Crippen LogP contribution is 2.23. The number of amides is 1. The van der Waals surface area contributed by atoms with Crippen LogP contribution in [-0.4, -0.2) is 26.1 Å². The van der Waals surface area contributed by atoms with Crippen LogP contribution in [0.3, 0.4) is 0 Å². The molecule has 1 N–H and O–H groups in total. The van der Waals surface area contributed by atoms with Gasteiger partial charge in [-0.25, -0.2) is 8.78 Å². The lowest BCUT2D eigenvalue weighted by Crippen LogP contribution is -2.21. The summed E-state index contributed by atoms with van der Waals surface area (Å²) >= 11 is 6.04. The van der Waals surface area contributed by atoms with Crippen LogP contribution >= 0.6 is 11.6 Å². The number of rotatable bonds is 4. The zero-order valence-corrected chi connectivity index (χ0v) is 12.8. The minimum Gasteiger partial charge on any atom is -0.322 e. The Morgan fingerprint density at radius 1 is 1.21 bits per heavy atom. The van der Waals surface area contributed by atoms with Gasteiger partial charge < -0.3 is 5.32 Å². The Morgan fingerprint density at radius 3 is 2.75 bits per heavy atom. The zero-order chi connectivity index (χ0) is 17.1. The molecule has 0 spiro atoms. The van der Waals surface area contributed by atoms with Gasteiger partial charge in [0.05, 0.1) is 10.7 Å². The Hall–Kier alpha value is -2.87. The lowest BCUT2D eigenvalue weighted by molar-refractivity contribution is -0.117. The first-order chi connectivity index (χ1) is 11.5. The van der Waals surface area contributed by atoms with Gasteiger partial charge in [0.2, 0.25) is 11.7 Å². The molecule has 0 atom stereocenters. The summed E-state index contributed by atoms with van der Waals surface area (Å²) < 4.78 is 26.3. The number of tetrazole rings is 1.